The fourth-order valence-electron chi connectivity index (χ4n) is 1.63. The van der Waals surface area contributed by atoms with E-state index in [0.29, 0.717) is 0 Å². The number of hydrogen-bond acceptors (Lipinski definition) is 2. The van der Waals surface area contributed by atoms with Crippen molar-refractivity contribution in [2.75, 3.05) is 6.54 Å². The predicted molar refractivity (Wildman–Crippen MR) is 85.7 cm³/mol. The van der Waals surface area contributed by atoms with Crippen LogP contribution in [0.1, 0.15) is 12.5 Å². The molecule has 0 heterocycles. The molecular weight excluding hydrogens is 370 g/mol. The van der Waals surface area contributed by atoms with E-state index in [4.69, 9.17) is 4.74 Å². The summed E-state index contributed by atoms with van der Waals surface area (Å²) in [6, 6.07) is 13.8. The van der Waals surface area contributed by atoms with Crippen molar-refractivity contribution >= 4 is 31.9 Å². The van der Waals surface area contributed by atoms with Gasteiger partial charge in [-0.15, -0.1) is 0 Å². The van der Waals surface area contributed by atoms with Crippen LogP contribution in [0.15, 0.2) is 51.4 Å². The van der Waals surface area contributed by atoms with Crippen molar-refractivity contribution in [1.29, 1.82) is 0 Å². The monoisotopic (exact) mass is 383 g/mol. The molecule has 0 amide bonds. The van der Waals surface area contributed by atoms with Crippen LogP contribution in [0.25, 0.3) is 0 Å². The highest BCUT2D eigenvalue weighted by molar-refractivity contribution is 9.10. The third kappa shape index (κ3) is 4.34. The quantitative estimate of drug-likeness (QED) is 0.772. The van der Waals surface area contributed by atoms with Gasteiger partial charge in [0.15, 0.2) is 0 Å². The number of benzene rings is 2. The Kier molecular flexibility index (Phi) is 5.43. The lowest BCUT2D eigenvalue weighted by atomic mass is 10.2. The van der Waals surface area contributed by atoms with Gasteiger partial charge in [0, 0.05) is 15.5 Å². The molecule has 2 aromatic rings. The normalized spacial score (nSPS) is 10.5. The summed E-state index contributed by atoms with van der Waals surface area (Å²) in [4.78, 5) is 0. The fourth-order valence-corrected chi connectivity index (χ4v) is 2.40. The molecule has 2 rings (SSSR count). The van der Waals surface area contributed by atoms with Gasteiger partial charge in [-0.2, -0.15) is 0 Å². The van der Waals surface area contributed by atoms with E-state index in [2.05, 4.69) is 50.2 Å². The van der Waals surface area contributed by atoms with Crippen LogP contribution in [0, 0.1) is 0 Å². The van der Waals surface area contributed by atoms with Crippen LogP contribution in [-0.4, -0.2) is 6.54 Å². The lowest BCUT2D eigenvalue weighted by Crippen LogP contribution is -2.11. The molecule has 19 heavy (non-hydrogen) atoms. The van der Waals surface area contributed by atoms with Gasteiger partial charge in [-0.3, -0.25) is 0 Å². The molecule has 0 saturated heterocycles. The Bertz CT molecular complexity index is 540. The molecule has 0 radical (unpaired) electrons. The standard InChI is InChI=1S/C15H15Br2NO/c1-2-18-10-11-3-6-14(9-15(11)17)19-13-7-4-12(16)5-8-13/h3-9,18H,2,10H2,1H3. The van der Waals surface area contributed by atoms with Crippen LogP contribution in [0.3, 0.4) is 0 Å². The Labute approximate surface area is 130 Å². The highest BCUT2D eigenvalue weighted by Gasteiger charge is 2.03. The minimum atomic E-state index is 0.828. The van der Waals surface area contributed by atoms with Gasteiger partial charge in [-0.05, 0) is 48.5 Å². The lowest BCUT2D eigenvalue weighted by Gasteiger charge is -2.09. The van der Waals surface area contributed by atoms with Crippen molar-refractivity contribution in [3.63, 3.8) is 0 Å². The highest BCUT2D eigenvalue weighted by atomic mass is 79.9. The zero-order valence-corrected chi connectivity index (χ0v) is 13.8. The molecule has 0 unspecified atom stereocenters. The molecule has 4 heteroatoms. The average Bonchev–Trinajstić information content (AvgIpc) is 2.41. The molecule has 100 valence electrons. The maximum absolute atomic E-state index is 5.80. The van der Waals surface area contributed by atoms with Crippen molar-refractivity contribution in [3.05, 3.63) is 57.0 Å². The van der Waals surface area contributed by atoms with Crippen LogP contribution < -0.4 is 10.1 Å². The summed E-state index contributed by atoms with van der Waals surface area (Å²) in [5, 5.41) is 3.30. The van der Waals surface area contributed by atoms with Gasteiger partial charge < -0.3 is 10.1 Å². The summed E-state index contributed by atoms with van der Waals surface area (Å²) < 4.78 is 7.90. The van der Waals surface area contributed by atoms with Crippen molar-refractivity contribution in [2.45, 2.75) is 13.5 Å². The summed E-state index contributed by atoms with van der Waals surface area (Å²) in [5.41, 5.74) is 1.23. The first-order chi connectivity index (χ1) is 9.19. The second-order valence-electron chi connectivity index (χ2n) is 4.09. The third-order valence-electron chi connectivity index (χ3n) is 2.64. The Morgan fingerprint density at radius 2 is 1.68 bits per heavy atom. The van der Waals surface area contributed by atoms with Gasteiger partial charge in [0.1, 0.15) is 11.5 Å². The van der Waals surface area contributed by atoms with Gasteiger partial charge in [-0.25, -0.2) is 0 Å². The molecule has 0 atom stereocenters. The van der Waals surface area contributed by atoms with E-state index in [1.807, 2.05) is 36.4 Å². The molecule has 1 N–H and O–H groups in total. The molecule has 0 aliphatic rings. The predicted octanol–water partition coefficient (Wildman–Crippen LogP) is 5.11. The molecular formula is C15H15Br2NO. The minimum Gasteiger partial charge on any atom is -0.457 e. The number of nitrogens with one attached hydrogen (secondary N) is 1. The molecule has 0 aromatic heterocycles. The number of ether oxygens (including phenoxy) is 1. The molecule has 0 saturated carbocycles. The van der Waals surface area contributed by atoms with Crippen LogP contribution in [0.2, 0.25) is 0 Å². The molecule has 0 fully saturated rings. The van der Waals surface area contributed by atoms with E-state index in [0.717, 1.165) is 33.5 Å². The van der Waals surface area contributed by atoms with E-state index in [1.165, 1.54) is 5.56 Å². The summed E-state index contributed by atoms with van der Waals surface area (Å²) in [6.45, 7) is 3.91. The smallest absolute Gasteiger partial charge is 0.128 e. The summed E-state index contributed by atoms with van der Waals surface area (Å²) in [7, 11) is 0. The maximum atomic E-state index is 5.80. The van der Waals surface area contributed by atoms with E-state index < -0.39 is 0 Å². The van der Waals surface area contributed by atoms with Crippen molar-refractivity contribution < 1.29 is 4.74 Å². The first-order valence-corrected chi connectivity index (χ1v) is 7.70. The largest absolute Gasteiger partial charge is 0.457 e. The number of halogens is 2. The van der Waals surface area contributed by atoms with E-state index >= 15 is 0 Å². The van der Waals surface area contributed by atoms with Crippen molar-refractivity contribution in [2.24, 2.45) is 0 Å². The van der Waals surface area contributed by atoms with Crippen LogP contribution in [0.4, 0.5) is 0 Å². The first kappa shape index (κ1) is 14.6. The summed E-state index contributed by atoms with van der Waals surface area (Å²) in [5.74, 6) is 1.66. The zero-order valence-electron chi connectivity index (χ0n) is 10.6. The van der Waals surface area contributed by atoms with Crippen LogP contribution in [0.5, 0.6) is 11.5 Å². The lowest BCUT2D eigenvalue weighted by molar-refractivity contribution is 0.482. The maximum Gasteiger partial charge on any atom is 0.128 e. The molecule has 0 aliphatic heterocycles. The zero-order chi connectivity index (χ0) is 13.7. The molecule has 0 aliphatic carbocycles. The van der Waals surface area contributed by atoms with Gasteiger partial charge in [-0.1, -0.05) is 44.8 Å². The Morgan fingerprint density at radius 3 is 2.32 bits per heavy atom. The molecule has 2 nitrogen and oxygen atoms in total. The fraction of sp³-hybridized carbons (Fsp3) is 0.200. The highest BCUT2D eigenvalue weighted by Crippen LogP contribution is 2.27. The van der Waals surface area contributed by atoms with E-state index in [1.54, 1.807) is 0 Å². The third-order valence-corrected chi connectivity index (χ3v) is 3.91. The Hall–Kier alpha value is -0.840. The Morgan fingerprint density at radius 1 is 1.00 bits per heavy atom. The van der Waals surface area contributed by atoms with E-state index in [-0.39, 0.29) is 0 Å². The van der Waals surface area contributed by atoms with Crippen LogP contribution in [-0.2, 0) is 6.54 Å². The summed E-state index contributed by atoms with van der Waals surface area (Å²) >= 11 is 6.98. The van der Waals surface area contributed by atoms with Crippen LogP contribution >= 0.6 is 31.9 Å². The van der Waals surface area contributed by atoms with Gasteiger partial charge in [0.25, 0.3) is 0 Å². The molecule has 2 aromatic carbocycles. The number of hydrogen-bond donors (Lipinski definition) is 1. The molecule has 0 spiro atoms. The second kappa shape index (κ2) is 7.08. The number of rotatable bonds is 5. The van der Waals surface area contributed by atoms with Gasteiger partial charge >= 0.3 is 0 Å². The second-order valence-corrected chi connectivity index (χ2v) is 5.86. The SMILES string of the molecule is CCNCc1ccc(Oc2ccc(Br)cc2)cc1Br. The van der Waals surface area contributed by atoms with Crippen molar-refractivity contribution in [3.8, 4) is 11.5 Å². The average molecular weight is 385 g/mol. The van der Waals surface area contributed by atoms with E-state index in [9.17, 15) is 0 Å². The Balaban J connectivity index is 2.09. The summed E-state index contributed by atoms with van der Waals surface area (Å²) in [6.07, 6.45) is 0. The molecule has 0 bridgehead atoms. The first-order valence-electron chi connectivity index (χ1n) is 6.11. The van der Waals surface area contributed by atoms with Gasteiger partial charge in [0.05, 0.1) is 0 Å². The van der Waals surface area contributed by atoms with Gasteiger partial charge in [0.2, 0.25) is 0 Å². The van der Waals surface area contributed by atoms with Crippen molar-refractivity contribution in [1.82, 2.24) is 5.32 Å². The topological polar surface area (TPSA) is 21.3 Å². The minimum absolute atomic E-state index is 0.828.